The van der Waals surface area contributed by atoms with Gasteiger partial charge in [0.05, 0.1) is 14.2 Å². The van der Waals surface area contributed by atoms with E-state index in [2.05, 4.69) is 0 Å². The van der Waals surface area contributed by atoms with E-state index < -0.39 is 11.3 Å². The molecule has 0 heterocycles. The number of nitrogens with two attached hydrogens (primary N) is 1. The number of rotatable bonds is 4. The number of halogens is 2. The van der Waals surface area contributed by atoms with E-state index >= 15 is 0 Å². The number of methoxy groups -OCH3 is 2. The van der Waals surface area contributed by atoms with Gasteiger partial charge in [0.15, 0.2) is 11.5 Å². The van der Waals surface area contributed by atoms with E-state index in [-0.39, 0.29) is 36.6 Å². The largest absolute Gasteiger partial charge is 0.502 e. The molecule has 1 fully saturated rings. The Balaban J connectivity index is 2.45. The standard InChI is InChI=1S/C13H17F2NO3/c1-18-9-3-8(4-10(19-2)11(9)17)12(7-16)5-13(14,15)6-12/h3-4,17H,5-7,16H2,1-2H3. The highest BCUT2D eigenvalue weighted by molar-refractivity contribution is 5.55. The molecular weight excluding hydrogens is 256 g/mol. The highest BCUT2D eigenvalue weighted by atomic mass is 19.3. The Morgan fingerprint density at radius 2 is 1.68 bits per heavy atom. The molecule has 0 unspecified atom stereocenters. The molecule has 0 amide bonds. The van der Waals surface area contributed by atoms with Gasteiger partial charge in [-0.05, 0) is 17.7 Å². The molecule has 0 aliphatic heterocycles. The summed E-state index contributed by atoms with van der Waals surface area (Å²) < 4.78 is 36.4. The third-order valence-corrected chi connectivity index (χ3v) is 3.68. The second-order valence-corrected chi connectivity index (χ2v) is 4.92. The van der Waals surface area contributed by atoms with Gasteiger partial charge in [-0.3, -0.25) is 0 Å². The molecule has 0 aromatic heterocycles. The van der Waals surface area contributed by atoms with Crippen LogP contribution in [0.3, 0.4) is 0 Å². The van der Waals surface area contributed by atoms with Gasteiger partial charge in [-0.15, -0.1) is 0 Å². The normalized spacial score (nSPS) is 19.6. The van der Waals surface area contributed by atoms with Crippen molar-refractivity contribution in [3.05, 3.63) is 17.7 Å². The molecule has 106 valence electrons. The molecule has 1 saturated carbocycles. The van der Waals surface area contributed by atoms with E-state index in [0.29, 0.717) is 5.56 Å². The van der Waals surface area contributed by atoms with Crippen molar-refractivity contribution in [2.75, 3.05) is 20.8 Å². The van der Waals surface area contributed by atoms with Crippen LogP contribution in [0.15, 0.2) is 12.1 Å². The predicted octanol–water partition coefficient (Wildman–Crippen LogP) is 2.04. The van der Waals surface area contributed by atoms with Crippen LogP contribution in [0.4, 0.5) is 8.78 Å². The van der Waals surface area contributed by atoms with Crippen molar-refractivity contribution in [3.63, 3.8) is 0 Å². The van der Waals surface area contributed by atoms with Gasteiger partial charge >= 0.3 is 0 Å². The first kappa shape index (κ1) is 13.9. The summed E-state index contributed by atoms with van der Waals surface area (Å²) in [6.07, 6.45) is -0.596. The van der Waals surface area contributed by atoms with E-state index in [1.165, 1.54) is 14.2 Å². The molecule has 1 aliphatic carbocycles. The first-order valence-corrected chi connectivity index (χ1v) is 5.91. The molecule has 4 nitrogen and oxygen atoms in total. The van der Waals surface area contributed by atoms with Crippen molar-refractivity contribution in [1.82, 2.24) is 0 Å². The summed E-state index contributed by atoms with van der Waals surface area (Å²) in [5.74, 6) is -2.45. The lowest BCUT2D eigenvalue weighted by molar-refractivity contribution is -0.123. The second kappa shape index (κ2) is 4.52. The first-order chi connectivity index (χ1) is 8.87. The summed E-state index contributed by atoms with van der Waals surface area (Å²) in [6.45, 7) is 0.111. The van der Waals surface area contributed by atoms with Crippen LogP contribution >= 0.6 is 0 Å². The van der Waals surface area contributed by atoms with Crippen LogP contribution in [0.2, 0.25) is 0 Å². The summed E-state index contributed by atoms with van der Waals surface area (Å²) in [6, 6.07) is 3.08. The van der Waals surface area contributed by atoms with Gasteiger partial charge in [0.25, 0.3) is 0 Å². The molecule has 1 aliphatic rings. The van der Waals surface area contributed by atoms with Crippen molar-refractivity contribution in [3.8, 4) is 17.2 Å². The van der Waals surface area contributed by atoms with Crippen LogP contribution in [0, 0.1) is 0 Å². The molecule has 0 radical (unpaired) electrons. The van der Waals surface area contributed by atoms with Crippen molar-refractivity contribution < 1.29 is 23.4 Å². The quantitative estimate of drug-likeness (QED) is 0.881. The minimum absolute atomic E-state index is 0.111. The summed E-state index contributed by atoms with van der Waals surface area (Å²) in [5.41, 5.74) is 5.49. The lowest BCUT2D eigenvalue weighted by atomic mass is 9.62. The van der Waals surface area contributed by atoms with Gasteiger partial charge in [0.2, 0.25) is 11.7 Å². The Hall–Kier alpha value is -1.56. The zero-order valence-electron chi connectivity index (χ0n) is 10.9. The monoisotopic (exact) mass is 273 g/mol. The molecule has 0 spiro atoms. The lowest BCUT2D eigenvalue weighted by Gasteiger charge is -2.47. The van der Waals surface area contributed by atoms with Crippen molar-refractivity contribution >= 4 is 0 Å². The fourth-order valence-electron chi connectivity index (χ4n) is 2.60. The van der Waals surface area contributed by atoms with Crippen LogP contribution in [0.25, 0.3) is 0 Å². The molecule has 0 bridgehead atoms. The molecule has 0 saturated heterocycles. The van der Waals surface area contributed by atoms with Gasteiger partial charge in [0, 0.05) is 24.8 Å². The van der Waals surface area contributed by atoms with Crippen molar-refractivity contribution in [2.45, 2.75) is 24.2 Å². The summed E-state index contributed by atoms with van der Waals surface area (Å²) in [4.78, 5) is 0. The number of hydrogen-bond acceptors (Lipinski definition) is 4. The SMILES string of the molecule is COc1cc(C2(CN)CC(F)(F)C2)cc(OC)c1O. The first-order valence-electron chi connectivity index (χ1n) is 5.91. The number of benzene rings is 1. The maximum absolute atomic E-state index is 13.2. The highest BCUT2D eigenvalue weighted by Crippen LogP contribution is 2.54. The zero-order valence-corrected chi connectivity index (χ0v) is 10.9. The molecule has 3 N–H and O–H groups in total. The van der Waals surface area contributed by atoms with E-state index in [1.807, 2.05) is 0 Å². The second-order valence-electron chi connectivity index (χ2n) is 4.92. The van der Waals surface area contributed by atoms with Gasteiger partial charge in [-0.1, -0.05) is 0 Å². The van der Waals surface area contributed by atoms with Crippen LogP contribution in [-0.2, 0) is 5.41 Å². The van der Waals surface area contributed by atoms with Gasteiger partial charge in [-0.25, -0.2) is 8.78 Å². The Morgan fingerprint density at radius 3 is 2.00 bits per heavy atom. The summed E-state index contributed by atoms with van der Waals surface area (Å²) in [7, 11) is 2.78. The van der Waals surface area contributed by atoms with Crippen LogP contribution in [0.1, 0.15) is 18.4 Å². The molecule has 6 heteroatoms. The summed E-state index contributed by atoms with van der Waals surface area (Å²) in [5, 5.41) is 9.82. The van der Waals surface area contributed by atoms with E-state index in [0.717, 1.165) is 0 Å². The molecule has 0 atom stereocenters. The Labute approximate surface area is 110 Å². The number of hydrogen-bond donors (Lipinski definition) is 2. The number of alkyl halides is 2. The minimum Gasteiger partial charge on any atom is -0.502 e. The average molecular weight is 273 g/mol. The fraction of sp³-hybridized carbons (Fsp3) is 0.538. The van der Waals surface area contributed by atoms with E-state index in [1.54, 1.807) is 12.1 Å². The Morgan fingerprint density at radius 1 is 1.21 bits per heavy atom. The number of phenols is 1. The molecular formula is C13H17F2NO3. The zero-order chi connectivity index (χ0) is 14.3. The maximum atomic E-state index is 13.2. The number of phenolic OH excluding ortho intramolecular Hbond substituents is 1. The maximum Gasteiger partial charge on any atom is 0.250 e. The third kappa shape index (κ3) is 2.20. The molecule has 2 rings (SSSR count). The lowest BCUT2D eigenvalue weighted by Crippen LogP contribution is -2.53. The molecule has 1 aromatic rings. The molecule has 1 aromatic carbocycles. The van der Waals surface area contributed by atoms with Gasteiger partial charge in [-0.2, -0.15) is 0 Å². The van der Waals surface area contributed by atoms with E-state index in [4.69, 9.17) is 15.2 Å². The number of aromatic hydroxyl groups is 1. The van der Waals surface area contributed by atoms with Crippen LogP contribution in [0.5, 0.6) is 17.2 Å². The summed E-state index contributed by atoms with van der Waals surface area (Å²) >= 11 is 0. The average Bonchev–Trinajstić information content (AvgIpc) is 2.35. The topological polar surface area (TPSA) is 64.7 Å². The van der Waals surface area contributed by atoms with Crippen LogP contribution in [-0.4, -0.2) is 31.8 Å². The van der Waals surface area contributed by atoms with Crippen molar-refractivity contribution in [2.24, 2.45) is 5.73 Å². The smallest absolute Gasteiger partial charge is 0.250 e. The van der Waals surface area contributed by atoms with Gasteiger partial charge in [0.1, 0.15) is 0 Å². The predicted molar refractivity (Wildman–Crippen MR) is 66.1 cm³/mol. The number of ether oxygens (including phenoxy) is 2. The molecule has 19 heavy (non-hydrogen) atoms. The minimum atomic E-state index is -2.68. The third-order valence-electron chi connectivity index (χ3n) is 3.68. The Bertz CT molecular complexity index is 458. The Kier molecular flexibility index (Phi) is 3.30. The van der Waals surface area contributed by atoms with Crippen LogP contribution < -0.4 is 15.2 Å². The van der Waals surface area contributed by atoms with Crippen molar-refractivity contribution in [1.29, 1.82) is 0 Å². The fourth-order valence-corrected chi connectivity index (χ4v) is 2.60. The van der Waals surface area contributed by atoms with Gasteiger partial charge < -0.3 is 20.3 Å². The highest BCUT2D eigenvalue weighted by Gasteiger charge is 2.56. The van der Waals surface area contributed by atoms with E-state index in [9.17, 15) is 13.9 Å².